The number of oxime groups is 1. The summed E-state index contributed by atoms with van der Waals surface area (Å²) in [4.78, 5) is 13.3. The number of benzene rings is 2. The number of pyridine rings is 1. The molecule has 4 rings (SSSR count). The van der Waals surface area contributed by atoms with Gasteiger partial charge in [-0.15, -0.1) is 0 Å². The summed E-state index contributed by atoms with van der Waals surface area (Å²) >= 11 is 0. The third-order valence-electron chi connectivity index (χ3n) is 5.05. The molecule has 3 aromatic rings. The Morgan fingerprint density at radius 1 is 1.12 bits per heavy atom. The van der Waals surface area contributed by atoms with Crippen molar-refractivity contribution < 1.29 is 5.21 Å². The first-order valence-corrected chi connectivity index (χ1v) is 8.61. The first-order chi connectivity index (χ1) is 12.1. The van der Waals surface area contributed by atoms with Crippen molar-refractivity contribution >= 4 is 16.6 Å². The maximum atomic E-state index is 13.3. The quantitative estimate of drug-likeness (QED) is 0.438. The summed E-state index contributed by atoms with van der Waals surface area (Å²) in [5.41, 5.74) is 5.45. The number of hydrogen-bond donors (Lipinski definition) is 1. The van der Waals surface area contributed by atoms with Crippen molar-refractivity contribution in [1.82, 2.24) is 4.57 Å². The molecule has 0 saturated carbocycles. The lowest BCUT2D eigenvalue weighted by atomic mass is 9.99. The fraction of sp³-hybridized carbons (Fsp3) is 0.238. The molecule has 1 aliphatic carbocycles. The number of hydrogen-bond acceptors (Lipinski definition) is 3. The van der Waals surface area contributed by atoms with Gasteiger partial charge in [0.2, 0.25) is 0 Å². The lowest BCUT2D eigenvalue weighted by Gasteiger charge is -2.16. The van der Waals surface area contributed by atoms with Crippen LogP contribution >= 0.6 is 0 Å². The highest BCUT2D eigenvalue weighted by atomic mass is 16.4. The zero-order chi connectivity index (χ0) is 17.7. The van der Waals surface area contributed by atoms with Crippen LogP contribution in [0.1, 0.15) is 43.4 Å². The van der Waals surface area contributed by atoms with Crippen molar-refractivity contribution in [3.05, 3.63) is 69.4 Å². The Labute approximate surface area is 146 Å². The first kappa shape index (κ1) is 15.6. The minimum Gasteiger partial charge on any atom is -0.410 e. The maximum absolute atomic E-state index is 13.3. The van der Waals surface area contributed by atoms with Gasteiger partial charge in [0.1, 0.15) is 5.71 Å². The van der Waals surface area contributed by atoms with E-state index in [-0.39, 0.29) is 5.43 Å². The largest absolute Gasteiger partial charge is 0.410 e. The van der Waals surface area contributed by atoms with Gasteiger partial charge in [-0.1, -0.05) is 49.3 Å². The van der Waals surface area contributed by atoms with Gasteiger partial charge in [-0.05, 0) is 30.5 Å². The molecule has 0 atom stereocenters. The van der Waals surface area contributed by atoms with Gasteiger partial charge in [-0.25, -0.2) is 0 Å². The van der Waals surface area contributed by atoms with Crippen molar-refractivity contribution in [3.8, 4) is 11.3 Å². The lowest BCUT2D eigenvalue weighted by Crippen LogP contribution is -2.19. The normalized spacial score (nSPS) is 14.3. The summed E-state index contributed by atoms with van der Waals surface area (Å²) < 4.78 is 2.15. The summed E-state index contributed by atoms with van der Waals surface area (Å²) in [6.45, 7) is 7.02. The highest BCUT2D eigenvalue weighted by Crippen LogP contribution is 2.37. The Hall–Kier alpha value is -2.88. The summed E-state index contributed by atoms with van der Waals surface area (Å²) in [7, 11) is 0. The van der Waals surface area contributed by atoms with Crippen LogP contribution in [0.4, 0.5) is 0 Å². The number of aromatic nitrogens is 1. The van der Waals surface area contributed by atoms with Gasteiger partial charge >= 0.3 is 0 Å². The van der Waals surface area contributed by atoms with Crippen LogP contribution in [0.25, 0.3) is 22.2 Å². The number of aryl methyl sites for hydroxylation is 1. The fourth-order valence-corrected chi connectivity index (χ4v) is 3.79. The Morgan fingerprint density at radius 3 is 2.48 bits per heavy atom. The van der Waals surface area contributed by atoms with Gasteiger partial charge in [0.25, 0.3) is 0 Å². The SMILES string of the molecule is CCn1c2c(c(=O)c3cc(C(C)C)ccc31)/C(=N\O)c1ccccc1-2. The second-order valence-electron chi connectivity index (χ2n) is 6.72. The summed E-state index contributed by atoms with van der Waals surface area (Å²) in [5.74, 6) is 0.343. The van der Waals surface area contributed by atoms with Gasteiger partial charge in [-0.3, -0.25) is 4.79 Å². The molecule has 0 amide bonds. The zero-order valence-corrected chi connectivity index (χ0v) is 14.6. The van der Waals surface area contributed by atoms with Crippen LogP contribution in [0, 0.1) is 0 Å². The molecule has 126 valence electrons. The molecule has 1 aliphatic rings. The topological polar surface area (TPSA) is 54.6 Å². The van der Waals surface area contributed by atoms with Crippen LogP contribution in [0.3, 0.4) is 0 Å². The van der Waals surface area contributed by atoms with E-state index in [1.165, 1.54) is 0 Å². The number of rotatable bonds is 2. The highest BCUT2D eigenvalue weighted by molar-refractivity contribution is 6.24. The summed E-state index contributed by atoms with van der Waals surface area (Å²) in [6.07, 6.45) is 0. The fourth-order valence-electron chi connectivity index (χ4n) is 3.79. The molecule has 4 heteroatoms. The molecular formula is C21H20N2O2. The van der Waals surface area contributed by atoms with Crippen LogP contribution in [-0.4, -0.2) is 15.5 Å². The summed E-state index contributed by atoms with van der Waals surface area (Å²) in [6, 6.07) is 13.8. The molecule has 4 nitrogen and oxygen atoms in total. The molecule has 0 spiro atoms. The van der Waals surface area contributed by atoms with Gasteiger partial charge in [0.15, 0.2) is 5.43 Å². The van der Waals surface area contributed by atoms with E-state index < -0.39 is 0 Å². The molecule has 25 heavy (non-hydrogen) atoms. The van der Waals surface area contributed by atoms with Gasteiger partial charge < -0.3 is 9.77 Å². The van der Waals surface area contributed by atoms with Crippen molar-refractivity contribution in [3.63, 3.8) is 0 Å². The van der Waals surface area contributed by atoms with Crippen molar-refractivity contribution in [1.29, 1.82) is 0 Å². The van der Waals surface area contributed by atoms with Crippen molar-refractivity contribution in [2.75, 3.05) is 0 Å². The van der Waals surface area contributed by atoms with E-state index in [1.807, 2.05) is 36.4 Å². The van der Waals surface area contributed by atoms with Crippen LogP contribution in [0.5, 0.6) is 0 Å². The Bertz CT molecular complexity index is 1090. The van der Waals surface area contributed by atoms with E-state index in [0.717, 1.165) is 34.4 Å². The first-order valence-electron chi connectivity index (χ1n) is 8.61. The molecule has 0 aliphatic heterocycles. The molecule has 1 aromatic heterocycles. The molecule has 0 fully saturated rings. The third kappa shape index (κ3) is 2.07. The minimum atomic E-state index is -0.0683. The Balaban J connectivity index is 2.21. The number of nitrogens with zero attached hydrogens (tertiary/aromatic N) is 2. The molecule has 0 saturated heterocycles. The van der Waals surface area contributed by atoms with Crippen LogP contribution in [0.2, 0.25) is 0 Å². The maximum Gasteiger partial charge on any atom is 0.199 e. The molecule has 0 bridgehead atoms. The minimum absolute atomic E-state index is 0.0683. The predicted octanol–water partition coefficient (Wildman–Crippen LogP) is 4.35. The molecule has 1 N–H and O–H groups in total. The third-order valence-corrected chi connectivity index (χ3v) is 5.05. The molecule has 0 radical (unpaired) electrons. The molecule has 1 heterocycles. The molecular weight excluding hydrogens is 312 g/mol. The number of fused-ring (bicyclic) bond motifs is 4. The second kappa shape index (κ2) is 5.59. The lowest BCUT2D eigenvalue weighted by molar-refractivity contribution is 0.320. The summed E-state index contributed by atoms with van der Waals surface area (Å²) in [5, 5.41) is 13.8. The second-order valence-corrected chi connectivity index (χ2v) is 6.72. The van der Waals surface area contributed by atoms with Crippen molar-refractivity contribution in [2.24, 2.45) is 5.16 Å². The average molecular weight is 332 g/mol. The van der Waals surface area contributed by atoms with Gasteiger partial charge in [-0.2, -0.15) is 0 Å². The predicted molar refractivity (Wildman–Crippen MR) is 101 cm³/mol. The van der Waals surface area contributed by atoms with Crippen LogP contribution in [-0.2, 0) is 6.54 Å². The van der Waals surface area contributed by atoms with E-state index in [9.17, 15) is 10.0 Å². The average Bonchev–Trinajstić information content (AvgIpc) is 2.96. The van der Waals surface area contributed by atoms with E-state index in [1.54, 1.807) is 0 Å². The highest BCUT2D eigenvalue weighted by Gasteiger charge is 2.31. The van der Waals surface area contributed by atoms with E-state index in [2.05, 4.69) is 36.6 Å². The molecule has 2 aromatic carbocycles. The Morgan fingerprint density at radius 2 is 1.84 bits per heavy atom. The van der Waals surface area contributed by atoms with E-state index in [0.29, 0.717) is 22.6 Å². The zero-order valence-electron chi connectivity index (χ0n) is 14.6. The smallest absolute Gasteiger partial charge is 0.199 e. The van der Waals surface area contributed by atoms with Gasteiger partial charge in [0, 0.05) is 23.1 Å². The standard InChI is InChI=1S/C21H20N2O2/c1-4-23-17-10-9-13(12(2)3)11-16(17)21(24)18-19(22-25)14-7-5-6-8-15(14)20(18)23/h5-12,25H,4H2,1-3H3/b22-19-. The van der Waals surface area contributed by atoms with E-state index >= 15 is 0 Å². The van der Waals surface area contributed by atoms with Crippen LogP contribution < -0.4 is 5.43 Å². The van der Waals surface area contributed by atoms with Gasteiger partial charge in [0.05, 0.1) is 16.8 Å². The van der Waals surface area contributed by atoms with E-state index in [4.69, 9.17) is 0 Å². The monoisotopic (exact) mass is 332 g/mol. The van der Waals surface area contributed by atoms with Crippen molar-refractivity contribution in [2.45, 2.75) is 33.2 Å². The molecule has 0 unspecified atom stereocenters. The Kier molecular flexibility index (Phi) is 3.49. The van der Waals surface area contributed by atoms with Crippen LogP contribution in [0.15, 0.2) is 52.4 Å².